The zero-order valence-corrected chi connectivity index (χ0v) is 23.7. The van der Waals surface area contributed by atoms with E-state index in [1.165, 1.54) is 18.7 Å². The van der Waals surface area contributed by atoms with Crippen LogP contribution in [0.5, 0.6) is 0 Å². The van der Waals surface area contributed by atoms with E-state index in [0.717, 1.165) is 21.9 Å². The number of aliphatic hydroxyl groups is 1. The van der Waals surface area contributed by atoms with Gasteiger partial charge in [0, 0.05) is 35.7 Å². The summed E-state index contributed by atoms with van der Waals surface area (Å²) in [4.78, 5) is 59.7. The van der Waals surface area contributed by atoms with Gasteiger partial charge in [0.15, 0.2) is 29.8 Å². The number of aliphatic carboxylic acids is 2. The summed E-state index contributed by atoms with van der Waals surface area (Å²) in [5.74, 6) is -3.94. The van der Waals surface area contributed by atoms with E-state index in [2.05, 4.69) is 20.8 Å². The predicted octanol–water partition coefficient (Wildman–Crippen LogP) is -0.297. The molecule has 2 amide bonds. The number of amides is 2. The number of aromatic nitrogens is 2. The number of carbonyl (C=O) groups is 4. The third-order valence-corrected chi connectivity index (χ3v) is 8.36. The molecule has 41 heavy (non-hydrogen) atoms. The van der Waals surface area contributed by atoms with Crippen molar-refractivity contribution >= 4 is 75.0 Å². The van der Waals surface area contributed by atoms with Gasteiger partial charge in [0.05, 0.1) is 6.61 Å². The number of hydrogen-bond acceptors (Lipinski definition) is 12. The minimum Gasteiger partial charge on any atom is -0.478 e. The van der Waals surface area contributed by atoms with Gasteiger partial charge in [-0.25, -0.2) is 19.1 Å². The van der Waals surface area contributed by atoms with Crippen LogP contribution in [-0.4, -0.2) is 91.1 Å². The first-order valence-electron chi connectivity index (χ1n) is 11.9. The number of carboxylic acids is 2. The van der Waals surface area contributed by atoms with Crippen LogP contribution in [-0.2, 0) is 30.6 Å². The van der Waals surface area contributed by atoms with Crippen molar-refractivity contribution in [2.75, 3.05) is 30.0 Å². The second-order valence-electron chi connectivity index (χ2n) is 8.73. The number of pyridine rings is 1. The van der Waals surface area contributed by atoms with Gasteiger partial charge in [-0.1, -0.05) is 28.1 Å². The molecule has 0 saturated carbocycles. The Bertz CT molecular complexity index is 1430. The number of hydrogen-bond donors (Lipinski definition) is 6. The number of aliphatic hydroxyl groups excluding tert-OH is 1. The summed E-state index contributed by atoms with van der Waals surface area (Å²) in [6.07, 6.45) is 2.08. The maximum absolute atomic E-state index is 13.2. The van der Waals surface area contributed by atoms with E-state index < -0.39 is 47.0 Å². The lowest BCUT2D eigenvalue weighted by Gasteiger charge is -2.49. The second-order valence-corrected chi connectivity index (χ2v) is 11.5. The van der Waals surface area contributed by atoms with E-state index in [-0.39, 0.29) is 39.8 Å². The number of carbonyl (C=O) groups excluding carboxylic acids is 2. The highest BCUT2D eigenvalue weighted by atomic mass is 35.5. The zero-order valence-electron chi connectivity index (χ0n) is 21.3. The number of nitrogens with two attached hydrogens (primary N) is 1. The first-order valence-corrected chi connectivity index (χ1v) is 14.2. The molecule has 2 aromatic rings. The molecule has 2 aliphatic heterocycles. The van der Waals surface area contributed by atoms with Gasteiger partial charge in [0.1, 0.15) is 27.1 Å². The molecule has 1 fully saturated rings. The van der Waals surface area contributed by atoms with Gasteiger partial charge in [-0.15, -0.1) is 11.8 Å². The minimum atomic E-state index is -1.41. The van der Waals surface area contributed by atoms with Crippen LogP contribution in [0.25, 0.3) is 0 Å². The lowest BCUT2D eigenvalue weighted by atomic mass is 10.0. The Labute approximate surface area is 245 Å². The number of anilines is 2. The van der Waals surface area contributed by atoms with E-state index in [4.69, 9.17) is 32.4 Å². The number of thioether (sulfide) groups is 1. The number of β-lactam (4-membered cyclic amide) rings is 1. The van der Waals surface area contributed by atoms with Crippen LogP contribution in [0.2, 0.25) is 4.34 Å². The van der Waals surface area contributed by atoms with Crippen molar-refractivity contribution in [2.24, 2.45) is 5.16 Å². The normalized spacial score (nSPS) is 19.2. The number of thiazole rings is 1. The first kappa shape index (κ1) is 30.0. The van der Waals surface area contributed by atoms with Crippen LogP contribution in [0.3, 0.4) is 0 Å². The van der Waals surface area contributed by atoms with Gasteiger partial charge in [-0.2, -0.15) is 0 Å². The van der Waals surface area contributed by atoms with Crippen molar-refractivity contribution in [3.63, 3.8) is 0 Å². The van der Waals surface area contributed by atoms with E-state index in [1.807, 2.05) is 0 Å². The zero-order chi connectivity index (χ0) is 29.8. The number of nitrogen functional groups attached to an aromatic ring is 1. The molecule has 0 spiro atoms. The fourth-order valence-corrected chi connectivity index (χ4v) is 6.21. The molecule has 2 aliphatic rings. The summed E-state index contributed by atoms with van der Waals surface area (Å²) in [7, 11) is 0. The lowest BCUT2D eigenvalue weighted by Crippen LogP contribution is -2.71. The smallest absolute Gasteiger partial charge is 0.352 e. The summed E-state index contributed by atoms with van der Waals surface area (Å²) in [6, 6.07) is 2.45. The lowest BCUT2D eigenvalue weighted by molar-refractivity contribution is -0.688. The highest BCUT2D eigenvalue weighted by molar-refractivity contribution is 8.00. The Morgan fingerprint density at radius 2 is 2.05 bits per heavy atom. The maximum Gasteiger partial charge on any atom is 0.352 e. The summed E-state index contributed by atoms with van der Waals surface area (Å²) in [6.45, 7) is 1.77. The molecule has 4 heterocycles. The number of nitrogens with one attached hydrogen (secondary N) is 2. The SMILES string of the molecule is C[C@H](ON=C(C(=O)N[C@@H]1C(=O)N2C(C(=O)O)=C(C[n+]3ccc(NCCO)cc3)CS[C@H]12)c1nc(N)sc1Cl)C(=O)O. The molecular weight excluding hydrogens is 602 g/mol. The number of rotatable bonds is 12. The Morgan fingerprint density at radius 3 is 2.63 bits per heavy atom. The van der Waals surface area contributed by atoms with Crippen molar-refractivity contribution in [3.8, 4) is 0 Å². The van der Waals surface area contributed by atoms with Crippen LogP contribution >= 0.6 is 34.7 Å². The molecule has 7 N–H and O–H groups in total. The molecule has 2 aromatic heterocycles. The molecule has 218 valence electrons. The van der Waals surface area contributed by atoms with Gasteiger partial charge in [-0.05, 0) is 6.92 Å². The van der Waals surface area contributed by atoms with Crippen LogP contribution in [0.1, 0.15) is 12.6 Å². The van der Waals surface area contributed by atoms with Crippen LogP contribution in [0.15, 0.2) is 41.0 Å². The second kappa shape index (κ2) is 12.7. The number of halogens is 1. The van der Waals surface area contributed by atoms with E-state index in [9.17, 15) is 24.3 Å². The fraction of sp³-hybridized carbons (Fsp3) is 0.348. The topological polar surface area (TPSA) is 221 Å². The Morgan fingerprint density at radius 1 is 1.34 bits per heavy atom. The molecular formula is C23H25ClN7O8S2+. The molecule has 0 aromatic carbocycles. The maximum atomic E-state index is 13.2. The average molecular weight is 627 g/mol. The monoisotopic (exact) mass is 626 g/mol. The van der Waals surface area contributed by atoms with Crippen LogP contribution in [0.4, 0.5) is 10.8 Å². The van der Waals surface area contributed by atoms with Crippen molar-refractivity contribution in [3.05, 3.63) is 45.8 Å². The third kappa shape index (κ3) is 6.53. The van der Waals surface area contributed by atoms with Gasteiger partial charge in [-0.3, -0.25) is 14.5 Å². The third-order valence-electron chi connectivity index (χ3n) is 5.93. The largest absolute Gasteiger partial charge is 0.478 e. The van der Waals surface area contributed by atoms with Crippen LogP contribution < -0.4 is 20.9 Å². The number of oxime groups is 1. The van der Waals surface area contributed by atoms with E-state index in [1.54, 1.807) is 29.1 Å². The molecule has 0 aliphatic carbocycles. The van der Waals surface area contributed by atoms with Gasteiger partial charge >= 0.3 is 11.9 Å². The molecule has 15 nitrogen and oxygen atoms in total. The van der Waals surface area contributed by atoms with Crippen molar-refractivity contribution in [2.45, 2.75) is 31.0 Å². The standard InChI is InChI=1S/C23H24ClN7O8S2/c1-10(21(35)36)39-29-14(13-17(24)41-23(25)28-13)18(33)27-15-19(34)31-16(22(37)38)11(9-40-20(15)31)8-30-5-2-12(3-6-30)26-4-7-32/h2-3,5-6,10,15,20,32H,4,7-9H2,1H3,(H5,25,27,28,33,35,36,37,38)/p+1/t10-,15+,20+/m0/s1. The molecule has 3 atom stereocenters. The minimum absolute atomic E-state index is 0.00738. The Hall–Kier alpha value is -3.93. The molecule has 4 rings (SSSR count). The van der Waals surface area contributed by atoms with Crippen LogP contribution in [0, 0.1) is 0 Å². The van der Waals surface area contributed by atoms with Crippen molar-refractivity contribution < 1.29 is 43.9 Å². The van der Waals surface area contributed by atoms with E-state index in [0.29, 0.717) is 12.1 Å². The fourth-order valence-electron chi connectivity index (χ4n) is 3.95. The summed E-state index contributed by atoms with van der Waals surface area (Å²) < 4.78 is 1.75. The number of fused-ring (bicyclic) bond motifs is 1. The quantitative estimate of drug-likeness (QED) is 0.0774. The highest BCUT2D eigenvalue weighted by Gasteiger charge is 2.55. The Balaban J connectivity index is 1.52. The van der Waals surface area contributed by atoms with Crippen molar-refractivity contribution in [1.29, 1.82) is 0 Å². The highest BCUT2D eigenvalue weighted by Crippen LogP contribution is 2.40. The summed E-state index contributed by atoms with van der Waals surface area (Å²) in [5, 5.41) is 36.4. The molecule has 0 radical (unpaired) electrons. The van der Waals surface area contributed by atoms with Gasteiger partial charge in [0.2, 0.25) is 6.10 Å². The first-order chi connectivity index (χ1) is 19.5. The summed E-state index contributed by atoms with van der Waals surface area (Å²) in [5.41, 5.74) is 6.13. The van der Waals surface area contributed by atoms with Crippen molar-refractivity contribution in [1.82, 2.24) is 15.2 Å². The summed E-state index contributed by atoms with van der Waals surface area (Å²) >= 11 is 8.26. The van der Waals surface area contributed by atoms with Gasteiger partial charge < -0.3 is 36.5 Å². The van der Waals surface area contributed by atoms with E-state index >= 15 is 0 Å². The molecule has 0 bridgehead atoms. The number of carboxylic acid groups (broad SMARTS) is 2. The average Bonchev–Trinajstić information content (AvgIpc) is 3.27. The molecule has 1 saturated heterocycles. The van der Waals surface area contributed by atoms with Gasteiger partial charge in [0.25, 0.3) is 11.8 Å². The molecule has 0 unspecified atom stereocenters. The molecule has 18 heteroatoms. The Kier molecular flexibility index (Phi) is 9.31. The number of nitrogens with zero attached hydrogens (tertiary/aromatic N) is 4. The predicted molar refractivity (Wildman–Crippen MR) is 148 cm³/mol.